The van der Waals surface area contributed by atoms with E-state index in [1.807, 2.05) is 13.8 Å². The Bertz CT molecular complexity index is 803. The first-order chi connectivity index (χ1) is 12.0. The van der Waals surface area contributed by atoms with Gasteiger partial charge in [-0.25, -0.2) is 0 Å². The highest BCUT2D eigenvalue weighted by molar-refractivity contribution is 5.97. The number of aromatic nitrogens is 2. The normalized spacial score (nSPS) is 13.2. The van der Waals surface area contributed by atoms with Crippen LogP contribution in [0.2, 0.25) is 0 Å². The van der Waals surface area contributed by atoms with Gasteiger partial charge >= 0.3 is 0 Å². The predicted octanol–water partition coefficient (Wildman–Crippen LogP) is 2.00. The van der Waals surface area contributed by atoms with E-state index in [1.54, 1.807) is 30.3 Å². The van der Waals surface area contributed by atoms with E-state index in [0.717, 1.165) is 24.1 Å². The lowest BCUT2D eigenvalue weighted by Crippen LogP contribution is -2.25. The molecule has 1 heterocycles. The number of carbonyl (C=O) groups excluding carboxylic acids is 2. The minimum absolute atomic E-state index is 0.125. The Labute approximate surface area is 145 Å². The summed E-state index contributed by atoms with van der Waals surface area (Å²) in [6, 6.07) is 8.84. The lowest BCUT2D eigenvalue weighted by molar-refractivity contribution is -0.118. The number of hydrogen-bond donors (Lipinski definition) is 2. The van der Waals surface area contributed by atoms with E-state index in [1.165, 1.54) is 0 Å². The highest BCUT2D eigenvalue weighted by atomic mass is 16.5. The molecule has 130 valence electrons. The lowest BCUT2D eigenvalue weighted by atomic mass is 10.2. The monoisotopic (exact) mass is 340 g/mol. The summed E-state index contributed by atoms with van der Waals surface area (Å²) >= 11 is 0. The topological polar surface area (TPSA) is 93.2 Å². The third-order valence-corrected chi connectivity index (χ3v) is 3.88. The number of benzene rings is 1. The zero-order valence-electron chi connectivity index (χ0n) is 14.2. The van der Waals surface area contributed by atoms with Crippen LogP contribution in [0.1, 0.15) is 34.5 Å². The largest absolute Gasteiger partial charge is 0.466 e. The Morgan fingerprint density at radius 3 is 2.72 bits per heavy atom. The molecule has 1 aromatic heterocycles. The van der Waals surface area contributed by atoms with Crippen LogP contribution in [0.4, 0.5) is 5.69 Å². The molecule has 25 heavy (non-hydrogen) atoms. The van der Waals surface area contributed by atoms with Crippen LogP contribution >= 0.6 is 0 Å². The average molecular weight is 340 g/mol. The molecular formula is C18H20N4O3. The van der Waals surface area contributed by atoms with Gasteiger partial charge in [-0.3, -0.25) is 9.59 Å². The van der Waals surface area contributed by atoms with Crippen LogP contribution in [0.15, 0.2) is 30.3 Å². The number of hydrogen-bond acceptors (Lipinski definition) is 5. The van der Waals surface area contributed by atoms with Gasteiger partial charge in [0.15, 0.2) is 6.61 Å². The molecule has 7 heteroatoms. The summed E-state index contributed by atoms with van der Waals surface area (Å²) < 4.78 is 5.35. The summed E-state index contributed by atoms with van der Waals surface area (Å²) in [5.41, 5.74) is 2.83. The third kappa shape index (κ3) is 4.76. The van der Waals surface area contributed by atoms with Gasteiger partial charge in [0.1, 0.15) is 0 Å². The minimum Gasteiger partial charge on any atom is -0.466 e. The molecular weight excluding hydrogens is 320 g/mol. The van der Waals surface area contributed by atoms with Crippen molar-refractivity contribution in [3.8, 4) is 5.88 Å². The number of aryl methyl sites for hydroxylation is 2. The van der Waals surface area contributed by atoms with Gasteiger partial charge in [-0.05, 0) is 50.5 Å². The number of rotatable bonds is 6. The van der Waals surface area contributed by atoms with E-state index in [9.17, 15) is 9.59 Å². The molecule has 0 bridgehead atoms. The van der Waals surface area contributed by atoms with Crippen molar-refractivity contribution in [1.82, 2.24) is 15.5 Å². The maximum atomic E-state index is 12.0. The zero-order valence-corrected chi connectivity index (χ0v) is 14.2. The van der Waals surface area contributed by atoms with Crippen molar-refractivity contribution in [2.75, 3.05) is 11.9 Å². The van der Waals surface area contributed by atoms with Crippen molar-refractivity contribution in [3.05, 3.63) is 47.2 Å². The Morgan fingerprint density at radius 1 is 1.20 bits per heavy atom. The molecule has 0 radical (unpaired) electrons. The fourth-order valence-corrected chi connectivity index (χ4v) is 2.16. The Balaban J connectivity index is 1.55. The van der Waals surface area contributed by atoms with Crippen molar-refractivity contribution < 1.29 is 14.3 Å². The van der Waals surface area contributed by atoms with Gasteiger partial charge in [-0.1, -0.05) is 6.07 Å². The Kier molecular flexibility index (Phi) is 4.92. The number of carbonyl (C=O) groups is 2. The molecule has 2 aromatic rings. The summed E-state index contributed by atoms with van der Waals surface area (Å²) in [7, 11) is 0. The van der Waals surface area contributed by atoms with Crippen LogP contribution in [-0.2, 0) is 4.79 Å². The van der Waals surface area contributed by atoms with Gasteiger partial charge in [0.25, 0.3) is 11.8 Å². The van der Waals surface area contributed by atoms with Gasteiger partial charge < -0.3 is 15.4 Å². The number of nitrogens with zero attached hydrogens (tertiary/aromatic N) is 2. The lowest BCUT2D eigenvalue weighted by Gasteiger charge is -2.09. The first-order valence-corrected chi connectivity index (χ1v) is 8.16. The highest BCUT2D eigenvalue weighted by Gasteiger charge is 2.23. The maximum absolute atomic E-state index is 12.0. The molecule has 1 fully saturated rings. The first-order valence-electron chi connectivity index (χ1n) is 8.16. The van der Waals surface area contributed by atoms with Gasteiger partial charge in [0.05, 0.1) is 5.69 Å². The smallest absolute Gasteiger partial charge is 0.262 e. The summed E-state index contributed by atoms with van der Waals surface area (Å²) in [6.45, 7) is 3.57. The summed E-state index contributed by atoms with van der Waals surface area (Å²) in [5.74, 6) is -0.157. The number of ether oxygens (including phenoxy) is 1. The van der Waals surface area contributed by atoms with Crippen LogP contribution in [0, 0.1) is 13.8 Å². The Morgan fingerprint density at radius 2 is 2.00 bits per heavy atom. The predicted molar refractivity (Wildman–Crippen MR) is 92.6 cm³/mol. The summed E-state index contributed by atoms with van der Waals surface area (Å²) in [4.78, 5) is 24.1. The van der Waals surface area contributed by atoms with Crippen molar-refractivity contribution in [2.45, 2.75) is 32.7 Å². The molecule has 0 atom stereocenters. The molecule has 1 aromatic carbocycles. The fourth-order valence-electron chi connectivity index (χ4n) is 2.16. The van der Waals surface area contributed by atoms with Crippen LogP contribution in [0.3, 0.4) is 0 Å². The van der Waals surface area contributed by atoms with Gasteiger partial charge in [-0.2, -0.15) is 5.10 Å². The molecule has 0 aliphatic heterocycles. The van der Waals surface area contributed by atoms with E-state index < -0.39 is 0 Å². The van der Waals surface area contributed by atoms with E-state index in [-0.39, 0.29) is 18.4 Å². The SMILES string of the molecule is Cc1cc(OCC(=O)Nc2cccc(C(=O)NC3CC3)c2)nnc1C. The molecule has 1 saturated carbocycles. The number of nitrogens with one attached hydrogen (secondary N) is 2. The van der Waals surface area contributed by atoms with Gasteiger partial charge in [0.2, 0.25) is 5.88 Å². The van der Waals surface area contributed by atoms with E-state index >= 15 is 0 Å². The molecule has 0 unspecified atom stereocenters. The molecule has 0 spiro atoms. The van der Waals surface area contributed by atoms with Crippen LogP contribution in [-0.4, -0.2) is 34.7 Å². The van der Waals surface area contributed by atoms with Crippen molar-refractivity contribution in [3.63, 3.8) is 0 Å². The minimum atomic E-state index is -0.334. The quantitative estimate of drug-likeness (QED) is 0.839. The van der Waals surface area contributed by atoms with Crippen LogP contribution in [0.5, 0.6) is 5.88 Å². The molecule has 3 rings (SSSR count). The Hall–Kier alpha value is -2.96. The van der Waals surface area contributed by atoms with E-state index in [2.05, 4.69) is 20.8 Å². The second-order valence-corrected chi connectivity index (χ2v) is 6.12. The third-order valence-electron chi connectivity index (χ3n) is 3.88. The van der Waals surface area contributed by atoms with E-state index in [0.29, 0.717) is 23.2 Å². The molecule has 2 N–H and O–H groups in total. The van der Waals surface area contributed by atoms with Gasteiger partial charge in [-0.15, -0.1) is 5.10 Å². The number of anilines is 1. The standard InChI is InChI=1S/C18H20N4O3/c1-11-8-17(22-21-12(11)2)25-10-16(23)19-15-5-3-4-13(9-15)18(24)20-14-6-7-14/h3-5,8-9,14H,6-7,10H2,1-2H3,(H,19,23)(H,20,24). The zero-order chi connectivity index (χ0) is 17.8. The second kappa shape index (κ2) is 7.29. The molecule has 1 aliphatic carbocycles. The highest BCUT2D eigenvalue weighted by Crippen LogP contribution is 2.20. The molecule has 1 aliphatic rings. The fraction of sp³-hybridized carbons (Fsp3) is 0.333. The molecule has 2 amide bonds. The van der Waals surface area contributed by atoms with Gasteiger partial charge in [0, 0.05) is 23.4 Å². The van der Waals surface area contributed by atoms with Crippen molar-refractivity contribution in [1.29, 1.82) is 0 Å². The van der Waals surface area contributed by atoms with Crippen molar-refractivity contribution in [2.24, 2.45) is 0 Å². The first kappa shape index (κ1) is 16.9. The number of amides is 2. The van der Waals surface area contributed by atoms with E-state index in [4.69, 9.17) is 4.74 Å². The summed E-state index contributed by atoms with van der Waals surface area (Å²) in [6.07, 6.45) is 2.06. The molecule has 7 nitrogen and oxygen atoms in total. The molecule has 0 saturated heterocycles. The average Bonchev–Trinajstić information content (AvgIpc) is 3.40. The summed E-state index contributed by atoms with van der Waals surface area (Å²) in [5, 5.41) is 13.5. The van der Waals surface area contributed by atoms with Crippen LogP contribution < -0.4 is 15.4 Å². The second-order valence-electron chi connectivity index (χ2n) is 6.12. The van der Waals surface area contributed by atoms with Crippen molar-refractivity contribution >= 4 is 17.5 Å². The van der Waals surface area contributed by atoms with Crippen LogP contribution in [0.25, 0.3) is 0 Å². The maximum Gasteiger partial charge on any atom is 0.262 e.